The lowest BCUT2D eigenvalue weighted by Crippen LogP contribution is -2.32. The summed E-state index contributed by atoms with van der Waals surface area (Å²) in [5, 5.41) is 11.0. The molecule has 0 aliphatic heterocycles. The van der Waals surface area contributed by atoms with Gasteiger partial charge in [-0.1, -0.05) is 82.7 Å². The lowest BCUT2D eigenvalue weighted by atomic mass is 9.93. The molecule has 4 aromatic rings. The summed E-state index contributed by atoms with van der Waals surface area (Å²) in [7, 11) is 0. The van der Waals surface area contributed by atoms with Crippen molar-refractivity contribution in [3.8, 4) is 5.69 Å². The molecule has 0 saturated heterocycles. The van der Waals surface area contributed by atoms with Crippen molar-refractivity contribution in [2.24, 2.45) is 0 Å². The summed E-state index contributed by atoms with van der Waals surface area (Å²) < 4.78 is 2.67. The van der Waals surface area contributed by atoms with Crippen LogP contribution in [0.3, 0.4) is 0 Å². The van der Waals surface area contributed by atoms with E-state index >= 15 is 0 Å². The number of carbonyl (C=O) groups is 1. The van der Waals surface area contributed by atoms with Gasteiger partial charge >= 0.3 is 0 Å². The number of hydrogen-bond donors (Lipinski definition) is 0. The van der Waals surface area contributed by atoms with E-state index in [2.05, 4.69) is 20.9 Å². The first-order valence-electron chi connectivity index (χ1n) is 10.7. The molecule has 0 aliphatic rings. The molecule has 0 radical (unpaired) electrons. The highest BCUT2D eigenvalue weighted by Crippen LogP contribution is 2.35. The Morgan fingerprint density at radius 2 is 1.65 bits per heavy atom. The standard InChI is InChI=1S/C26H22BrN3O3S/c27-23-14-8-7-11-20(23)18-34-25(22(17-30(32)33)19-9-3-1-4-10-19)24(31)26-28-15-16-29(26)21-12-5-2-6-13-21/h1-16,22,25H,17-18H2/t22-,25+/m1/s1. The zero-order chi connectivity index (χ0) is 23.9. The number of nitro groups is 1. The molecule has 0 fully saturated rings. The molecule has 0 saturated carbocycles. The van der Waals surface area contributed by atoms with Crippen LogP contribution in [0.15, 0.2) is 102 Å². The van der Waals surface area contributed by atoms with E-state index in [1.54, 1.807) is 17.0 Å². The first kappa shape index (κ1) is 23.9. The Kier molecular flexibility index (Phi) is 7.92. The van der Waals surface area contributed by atoms with Gasteiger partial charge in [-0.2, -0.15) is 0 Å². The monoisotopic (exact) mass is 535 g/mol. The van der Waals surface area contributed by atoms with Crippen molar-refractivity contribution in [3.63, 3.8) is 0 Å². The van der Waals surface area contributed by atoms with Gasteiger partial charge in [0.2, 0.25) is 12.3 Å². The van der Waals surface area contributed by atoms with Gasteiger partial charge in [0, 0.05) is 33.2 Å². The van der Waals surface area contributed by atoms with E-state index in [-0.39, 0.29) is 23.1 Å². The zero-order valence-corrected chi connectivity index (χ0v) is 20.6. The van der Waals surface area contributed by atoms with Gasteiger partial charge in [-0.05, 0) is 29.3 Å². The summed E-state index contributed by atoms with van der Waals surface area (Å²) in [4.78, 5) is 29.6. The lowest BCUT2D eigenvalue weighted by molar-refractivity contribution is -0.483. The fourth-order valence-corrected chi connectivity index (χ4v) is 5.77. The minimum Gasteiger partial charge on any atom is -0.297 e. The van der Waals surface area contributed by atoms with Gasteiger partial charge < -0.3 is 0 Å². The molecule has 1 heterocycles. The summed E-state index contributed by atoms with van der Waals surface area (Å²) in [6.45, 7) is -0.352. The molecule has 2 atom stereocenters. The summed E-state index contributed by atoms with van der Waals surface area (Å²) in [5.41, 5.74) is 2.59. The Morgan fingerprint density at radius 1 is 1.00 bits per heavy atom. The molecule has 0 spiro atoms. The van der Waals surface area contributed by atoms with Crippen LogP contribution in [0.5, 0.6) is 0 Å². The Hall–Kier alpha value is -3.23. The van der Waals surface area contributed by atoms with Crippen molar-refractivity contribution >= 4 is 33.5 Å². The molecule has 3 aromatic carbocycles. The highest BCUT2D eigenvalue weighted by atomic mass is 79.9. The number of para-hydroxylation sites is 1. The number of nitrogens with zero attached hydrogens (tertiary/aromatic N) is 3. The van der Waals surface area contributed by atoms with E-state index < -0.39 is 11.2 Å². The van der Waals surface area contributed by atoms with Gasteiger partial charge in [-0.25, -0.2) is 4.98 Å². The number of carbonyl (C=O) groups excluding carboxylic acids is 1. The van der Waals surface area contributed by atoms with Crippen LogP contribution in [-0.2, 0) is 5.75 Å². The van der Waals surface area contributed by atoms with Crippen molar-refractivity contribution < 1.29 is 9.72 Å². The van der Waals surface area contributed by atoms with E-state index in [9.17, 15) is 14.9 Å². The molecule has 8 heteroatoms. The molecule has 0 unspecified atom stereocenters. The van der Waals surface area contributed by atoms with Crippen LogP contribution in [0, 0.1) is 10.1 Å². The largest absolute Gasteiger partial charge is 0.297 e. The zero-order valence-electron chi connectivity index (χ0n) is 18.2. The normalized spacial score (nSPS) is 12.7. The first-order valence-corrected chi connectivity index (χ1v) is 12.5. The Bertz CT molecular complexity index is 1260. The molecule has 0 bridgehead atoms. The summed E-state index contributed by atoms with van der Waals surface area (Å²) >= 11 is 4.97. The van der Waals surface area contributed by atoms with E-state index in [1.807, 2.05) is 84.9 Å². The number of rotatable bonds is 10. The minimum absolute atomic E-state index is 0.235. The van der Waals surface area contributed by atoms with Crippen LogP contribution in [0.4, 0.5) is 0 Å². The van der Waals surface area contributed by atoms with Gasteiger partial charge in [0.05, 0.1) is 11.2 Å². The maximum atomic E-state index is 14.0. The fourth-order valence-electron chi connectivity index (χ4n) is 3.82. The molecule has 172 valence electrons. The number of Topliss-reactive ketones (excluding diaryl/α,β-unsaturated/α-hetero) is 1. The SMILES string of the molecule is O=C(c1nccn1-c1ccccc1)[C@@H](SCc1ccccc1Br)[C@H](C[N+](=O)[O-])c1ccccc1. The van der Waals surface area contributed by atoms with Gasteiger partial charge in [0.1, 0.15) is 0 Å². The first-order chi connectivity index (χ1) is 16.5. The van der Waals surface area contributed by atoms with E-state index in [1.165, 1.54) is 11.8 Å². The van der Waals surface area contributed by atoms with Gasteiger partial charge in [0.15, 0.2) is 5.82 Å². The average Bonchev–Trinajstić information content (AvgIpc) is 3.35. The number of benzene rings is 3. The second kappa shape index (κ2) is 11.3. The molecule has 0 amide bonds. The van der Waals surface area contributed by atoms with Crippen molar-refractivity contribution in [1.82, 2.24) is 9.55 Å². The quantitative estimate of drug-likeness (QED) is 0.137. The van der Waals surface area contributed by atoms with Gasteiger partial charge in [-0.15, -0.1) is 11.8 Å². The third kappa shape index (κ3) is 5.63. The number of aromatic nitrogens is 2. The molecular formula is C26H22BrN3O3S. The number of thioether (sulfide) groups is 1. The van der Waals surface area contributed by atoms with Crippen molar-refractivity contribution in [2.75, 3.05) is 6.54 Å². The molecular weight excluding hydrogens is 514 g/mol. The highest BCUT2D eigenvalue weighted by molar-refractivity contribution is 9.10. The van der Waals surface area contributed by atoms with Crippen LogP contribution in [0.1, 0.15) is 27.7 Å². The van der Waals surface area contributed by atoms with Crippen molar-refractivity contribution in [2.45, 2.75) is 16.9 Å². The number of imidazole rings is 1. The number of ketones is 1. The predicted octanol–water partition coefficient (Wildman–Crippen LogP) is 6.18. The van der Waals surface area contributed by atoms with E-state index in [0.29, 0.717) is 5.75 Å². The lowest BCUT2D eigenvalue weighted by Gasteiger charge is -2.24. The average molecular weight is 536 g/mol. The molecule has 0 N–H and O–H groups in total. The van der Waals surface area contributed by atoms with Crippen LogP contribution in [0.25, 0.3) is 5.69 Å². The van der Waals surface area contributed by atoms with Crippen LogP contribution < -0.4 is 0 Å². The summed E-state index contributed by atoms with van der Waals surface area (Å²) in [5.74, 6) is -0.0656. The predicted molar refractivity (Wildman–Crippen MR) is 138 cm³/mol. The molecule has 34 heavy (non-hydrogen) atoms. The summed E-state index contributed by atoms with van der Waals surface area (Å²) in [6, 6.07) is 26.5. The maximum Gasteiger partial charge on any atom is 0.212 e. The molecule has 0 aliphatic carbocycles. The Balaban J connectivity index is 1.74. The van der Waals surface area contributed by atoms with Crippen LogP contribution in [0.2, 0.25) is 0 Å². The van der Waals surface area contributed by atoms with E-state index in [4.69, 9.17) is 0 Å². The number of halogens is 1. The topological polar surface area (TPSA) is 78.0 Å². The third-order valence-corrected chi connectivity index (χ3v) is 7.62. The second-order valence-electron chi connectivity index (χ2n) is 7.68. The van der Waals surface area contributed by atoms with Crippen LogP contribution >= 0.6 is 27.7 Å². The second-order valence-corrected chi connectivity index (χ2v) is 9.66. The smallest absolute Gasteiger partial charge is 0.212 e. The van der Waals surface area contributed by atoms with E-state index in [0.717, 1.165) is 21.3 Å². The van der Waals surface area contributed by atoms with Crippen molar-refractivity contribution in [3.05, 3.63) is 129 Å². The maximum absolute atomic E-state index is 14.0. The fraction of sp³-hybridized carbons (Fsp3) is 0.154. The van der Waals surface area contributed by atoms with Crippen LogP contribution in [-0.4, -0.2) is 32.1 Å². The molecule has 6 nitrogen and oxygen atoms in total. The minimum atomic E-state index is -0.704. The summed E-state index contributed by atoms with van der Waals surface area (Å²) in [6.07, 6.45) is 3.32. The Labute approximate surface area is 210 Å². The van der Waals surface area contributed by atoms with Gasteiger partial charge in [-0.3, -0.25) is 19.5 Å². The number of hydrogen-bond acceptors (Lipinski definition) is 5. The molecule has 1 aromatic heterocycles. The van der Waals surface area contributed by atoms with Gasteiger partial charge in [0.25, 0.3) is 0 Å². The molecule has 4 rings (SSSR count). The third-order valence-electron chi connectivity index (χ3n) is 5.47. The highest BCUT2D eigenvalue weighted by Gasteiger charge is 2.36. The van der Waals surface area contributed by atoms with Crippen molar-refractivity contribution in [1.29, 1.82) is 0 Å². The Morgan fingerprint density at radius 3 is 2.32 bits per heavy atom.